The summed E-state index contributed by atoms with van der Waals surface area (Å²) in [6.07, 6.45) is 7.32. The van der Waals surface area contributed by atoms with Crippen LogP contribution in [0.5, 0.6) is 5.75 Å². The van der Waals surface area contributed by atoms with Crippen LogP contribution < -0.4 is 10.1 Å². The van der Waals surface area contributed by atoms with Gasteiger partial charge in [-0.05, 0) is 73.4 Å². The van der Waals surface area contributed by atoms with Gasteiger partial charge < -0.3 is 10.1 Å². The molecule has 2 aromatic carbocycles. The number of nitrogens with zero attached hydrogens (tertiary/aromatic N) is 2. The zero-order chi connectivity index (χ0) is 23.5. The molecule has 4 rings (SSSR count). The molecule has 0 bridgehead atoms. The second-order valence-corrected chi connectivity index (χ2v) is 8.35. The van der Waals surface area contributed by atoms with E-state index in [-0.39, 0.29) is 6.04 Å². The monoisotopic (exact) mass is 435 g/mol. The Hall–Kier alpha value is -3.92. The summed E-state index contributed by atoms with van der Waals surface area (Å²) in [5.41, 5.74) is 8.95. The molecular formula is C29H29N3O. The maximum absolute atomic E-state index is 5.86. The lowest BCUT2D eigenvalue weighted by Gasteiger charge is -2.21. The van der Waals surface area contributed by atoms with Crippen molar-refractivity contribution in [3.05, 3.63) is 84.7 Å². The molecule has 1 N–H and O–H groups in total. The number of anilines is 1. The van der Waals surface area contributed by atoms with E-state index in [0.29, 0.717) is 0 Å². The Labute approximate surface area is 195 Å². The Morgan fingerprint density at radius 3 is 2.48 bits per heavy atom. The Morgan fingerprint density at radius 2 is 1.85 bits per heavy atom. The summed E-state index contributed by atoms with van der Waals surface area (Å²) in [6, 6.07) is 14.7. The van der Waals surface area contributed by atoms with E-state index in [4.69, 9.17) is 9.72 Å². The Kier molecular flexibility index (Phi) is 6.27. The molecule has 33 heavy (non-hydrogen) atoms. The van der Waals surface area contributed by atoms with Crippen LogP contribution in [0.15, 0.2) is 68.0 Å². The number of methoxy groups -OCH3 is 1. The summed E-state index contributed by atoms with van der Waals surface area (Å²) < 4.78 is 5.86. The Morgan fingerprint density at radius 1 is 1.03 bits per heavy atom. The zero-order valence-corrected chi connectivity index (χ0v) is 19.6. The molecule has 4 heteroatoms. The van der Waals surface area contributed by atoms with Gasteiger partial charge in [0.15, 0.2) is 0 Å². The van der Waals surface area contributed by atoms with Crippen LogP contribution in [0.3, 0.4) is 0 Å². The molecule has 0 saturated heterocycles. The summed E-state index contributed by atoms with van der Waals surface area (Å²) in [6.45, 7) is 14.4. The lowest BCUT2D eigenvalue weighted by molar-refractivity contribution is 0.419. The van der Waals surface area contributed by atoms with Crippen molar-refractivity contribution in [1.29, 1.82) is 0 Å². The van der Waals surface area contributed by atoms with Crippen molar-refractivity contribution >= 4 is 28.7 Å². The van der Waals surface area contributed by atoms with Gasteiger partial charge in [0.05, 0.1) is 18.5 Å². The van der Waals surface area contributed by atoms with E-state index >= 15 is 0 Å². The number of pyridine rings is 2. The fraction of sp³-hybridized carbons (Fsp3) is 0.172. The highest BCUT2D eigenvalue weighted by atomic mass is 16.5. The first-order chi connectivity index (χ1) is 16.0. The number of nitrogens with one attached hydrogen (secondary N) is 1. The van der Waals surface area contributed by atoms with Gasteiger partial charge in [0.25, 0.3) is 0 Å². The van der Waals surface area contributed by atoms with Gasteiger partial charge >= 0.3 is 0 Å². The molecule has 4 aromatic rings. The summed E-state index contributed by atoms with van der Waals surface area (Å²) in [5, 5.41) is 4.63. The van der Waals surface area contributed by atoms with E-state index in [2.05, 4.69) is 74.6 Å². The SMILES string of the molecule is C=Cc1ccc(C)c(-c2cc(OC)c3nc(-c4cccnc4)c(C=C)c(NC(C)C)c3c2)c1. The first-order valence-electron chi connectivity index (χ1n) is 11.0. The summed E-state index contributed by atoms with van der Waals surface area (Å²) in [4.78, 5) is 9.35. The first kappa shape index (κ1) is 22.3. The second kappa shape index (κ2) is 9.29. The molecule has 166 valence electrons. The zero-order valence-electron chi connectivity index (χ0n) is 19.6. The quantitative estimate of drug-likeness (QED) is 0.329. The third-order valence-electron chi connectivity index (χ3n) is 5.69. The van der Waals surface area contributed by atoms with Gasteiger partial charge in [-0.1, -0.05) is 37.4 Å². The van der Waals surface area contributed by atoms with E-state index in [1.807, 2.05) is 30.5 Å². The summed E-state index contributed by atoms with van der Waals surface area (Å²) >= 11 is 0. The van der Waals surface area contributed by atoms with Crippen LogP contribution in [0.1, 0.15) is 30.5 Å². The van der Waals surface area contributed by atoms with Crippen LogP contribution in [0.25, 0.3) is 45.4 Å². The molecule has 0 radical (unpaired) electrons. The molecule has 2 aromatic heterocycles. The highest BCUT2D eigenvalue weighted by molar-refractivity contribution is 6.04. The van der Waals surface area contributed by atoms with Crippen LogP contribution >= 0.6 is 0 Å². The topological polar surface area (TPSA) is 47.0 Å². The fourth-order valence-corrected chi connectivity index (χ4v) is 4.10. The smallest absolute Gasteiger partial charge is 0.145 e. The van der Waals surface area contributed by atoms with E-state index in [1.165, 1.54) is 5.56 Å². The summed E-state index contributed by atoms with van der Waals surface area (Å²) in [5.74, 6) is 0.721. The molecule has 0 spiro atoms. The van der Waals surface area contributed by atoms with Gasteiger partial charge in [0.2, 0.25) is 0 Å². The molecule has 0 aliphatic heterocycles. The van der Waals surface area contributed by atoms with Crippen molar-refractivity contribution in [2.24, 2.45) is 0 Å². The fourth-order valence-electron chi connectivity index (χ4n) is 4.10. The lowest BCUT2D eigenvalue weighted by Crippen LogP contribution is -2.12. The number of ether oxygens (including phenoxy) is 1. The van der Waals surface area contributed by atoms with Gasteiger partial charge in [0, 0.05) is 34.9 Å². The van der Waals surface area contributed by atoms with Crippen molar-refractivity contribution in [2.75, 3.05) is 12.4 Å². The first-order valence-corrected chi connectivity index (χ1v) is 11.0. The lowest BCUT2D eigenvalue weighted by atomic mass is 9.94. The minimum Gasteiger partial charge on any atom is -0.494 e. The number of hydrogen-bond acceptors (Lipinski definition) is 4. The maximum Gasteiger partial charge on any atom is 0.145 e. The molecule has 0 unspecified atom stereocenters. The van der Waals surface area contributed by atoms with Gasteiger partial charge in [-0.3, -0.25) is 4.98 Å². The van der Waals surface area contributed by atoms with E-state index in [9.17, 15) is 0 Å². The highest BCUT2D eigenvalue weighted by Crippen LogP contribution is 2.41. The van der Waals surface area contributed by atoms with Crippen LogP contribution in [0.4, 0.5) is 5.69 Å². The molecule has 0 aliphatic rings. The molecular weight excluding hydrogens is 406 g/mol. The number of fused-ring (bicyclic) bond motifs is 1. The number of aromatic nitrogens is 2. The number of aryl methyl sites for hydroxylation is 1. The predicted octanol–water partition coefficient (Wildman–Crippen LogP) is 7.39. The van der Waals surface area contributed by atoms with Crippen LogP contribution in [-0.4, -0.2) is 23.1 Å². The molecule has 0 atom stereocenters. The molecule has 0 amide bonds. The Bertz CT molecular complexity index is 1340. The molecule has 0 saturated carbocycles. The van der Waals surface area contributed by atoms with E-state index in [1.54, 1.807) is 13.3 Å². The Balaban J connectivity index is 2.10. The van der Waals surface area contributed by atoms with Crippen LogP contribution in [0, 0.1) is 6.92 Å². The van der Waals surface area contributed by atoms with E-state index in [0.717, 1.165) is 55.9 Å². The highest BCUT2D eigenvalue weighted by Gasteiger charge is 2.19. The van der Waals surface area contributed by atoms with Crippen molar-refractivity contribution in [3.8, 4) is 28.1 Å². The van der Waals surface area contributed by atoms with Crippen LogP contribution in [-0.2, 0) is 0 Å². The maximum atomic E-state index is 5.86. The molecule has 2 heterocycles. The average molecular weight is 436 g/mol. The van der Waals surface area contributed by atoms with Crippen molar-refractivity contribution in [2.45, 2.75) is 26.8 Å². The normalized spacial score (nSPS) is 10.9. The molecule has 0 aliphatic carbocycles. The van der Waals surface area contributed by atoms with Crippen molar-refractivity contribution < 1.29 is 4.74 Å². The number of hydrogen-bond donors (Lipinski definition) is 1. The predicted molar refractivity (Wildman–Crippen MR) is 141 cm³/mol. The minimum atomic E-state index is 0.219. The average Bonchev–Trinajstić information content (AvgIpc) is 2.83. The van der Waals surface area contributed by atoms with Crippen LogP contribution in [0.2, 0.25) is 0 Å². The van der Waals surface area contributed by atoms with Gasteiger partial charge in [0.1, 0.15) is 11.3 Å². The standard InChI is InChI=1S/C29H29N3O/c1-7-20-12-11-19(5)24(14-20)22-15-25-28(31-18(3)4)23(8-2)27(21-10-9-13-30-17-21)32-29(25)26(16-22)33-6/h7-18H,1-2H2,3-6H3,(H,31,32). The van der Waals surface area contributed by atoms with Crippen molar-refractivity contribution in [3.63, 3.8) is 0 Å². The number of rotatable bonds is 7. The molecule has 4 nitrogen and oxygen atoms in total. The largest absolute Gasteiger partial charge is 0.494 e. The second-order valence-electron chi connectivity index (χ2n) is 8.35. The third-order valence-corrected chi connectivity index (χ3v) is 5.69. The summed E-state index contributed by atoms with van der Waals surface area (Å²) in [7, 11) is 1.69. The van der Waals surface area contributed by atoms with E-state index < -0.39 is 0 Å². The van der Waals surface area contributed by atoms with Gasteiger partial charge in [-0.15, -0.1) is 0 Å². The third kappa shape index (κ3) is 4.24. The minimum absolute atomic E-state index is 0.219. The molecule has 0 fully saturated rings. The number of benzene rings is 2. The van der Waals surface area contributed by atoms with Crippen molar-refractivity contribution in [1.82, 2.24) is 9.97 Å². The van der Waals surface area contributed by atoms with Gasteiger partial charge in [-0.2, -0.15) is 0 Å². The van der Waals surface area contributed by atoms with Gasteiger partial charge in [-0.25, -0.2) is 4.98 Å².